The van der Waals surface area contributed by atoms with Gasteiger partial charge in [-0.25, -0.2) is 14.4 Å². The van der Waals surface area contributed by atoms with Crippen LogP contribution in [0, 0.1) is 18.7 Å². The van der Waals surface area contributed by atoms with Gasteiger partial charge in [-0.1, -0.05) is 6.07 Å². The molecule has 1 aromatic heterocycles. The first-order valence-electron chi connectivity index (χ1n) is 12.5. The number of hydrogen-bond acceptors (Lipinski definition) is 4. The molecule has 0 radical (unpaired) electrons. The fourth-order valence-corrected chi connectivity index (χ4v) is 5.14. The van der Waals surface area contributed by atoms with Crippen LogP contribution in [0.15, 0.2) is 55.1 Å². The molecule has 2 atom stereocenters. The molecule has 2 amide bonds. The average Bonchev–Trinajstić information content (AvgIpc) is 2.91. The second kappa shape index (κ2) is 11.5. The molecule has 1 saturated heterocycles. The number of piperidine rings is 1. The van der Waals surface area contributed by atoms with Crippen LogP contribution in [-0.4, -0.2) is 51.7 Å². The SMILES string of the molecule is Cc1cc(F)ccc1[C@@H]1CN(C(=O)c2cncnc2)CC[C@H]1C(=O)N(C)Cc1cc(C(F)(F)F)cc(C(F)(F)F)c1. The smallest absolute Gasteiger partial charge is 0.341 e. The number of aromatic nitrogens is 2. The Morgan fingerprint density at radius 1 is 0.976 bits per heavy atom. The molecular weight excluding hydrogens is 557 g/mol. The minimum Gasteiger partial charge on any atom is -0.341 e. The van der Waals surface area contributed by atoms with Crippen molar-refractivity contribution in [2.24, 2.45) is 5.92 Å². The predicted molar refractivity (Wildman–Crippen MR) is 133 cm³/mol. The van der Waals surface area contributed by atoms with Gasteiger partial charge in [0.25, 0.3) is 5.91 Å². The number of rotatable bonds is 5. The van der Waals surface area contributed by atoms with Gasteiger partial charge in [0.1, 0.15) is 12.1 Å². The summed E-state index contributed by atoms with van der Waals surface area (Å²) >= 11 is 0. The number of halogens is 7. The lowest BCUT2D eigenvalue weighted by molar-refractivity contribution is -0.143. The van der Waals surface area contributed by atoms with Crippen LogP contribution >= 0.6 is 0 Å². The van der Waals surface area contributed by atoms with Crippen molar-refractivity contribution >= 4 is 11.8 Å². The van der Waals surface area contributed by atoms with Gasteiger partial charge in [-0.05, 0) is 60.4 Å². The van der Waals surface area contributed by atoms with Crippen LogP contribution in [0.4, 0.5) is 30.7 Å². The Labute approximate surface area is 230 Å². The summed E-state index contributed by atoms with van der Waals surface area (Å²) in [7, 11) is 1.29. The molecule has 0 unspecified atom stereocenters. The first-order valence-corrected chi connectivity index (χ1v) is 12.5. The quantitative estimate of drug-likeness (QED) is 0.354. The molecule has 0 saturated carbocycles. The van der Waals surface area contributed by atoms with Crippen molar-refractivity contribution in [3.8, 4) is 0 Å². The maximum absolute atomic E-state index is 13.9. The Bertz CT molecular complexity index is 1390. The summed E-state index contributed by atoms with van der Waals surface area (Å²) in [5, 5.41) is 0. The maximum Gasteiger partial charge on any atom is 0.416 e. The van der Waals surface area contributed by atoms with Crippen LogP contribution in [0.1, 0.15) is 50.5 Å². The fourth-order valence-electron chi connectivity index (χ4n) is 5.14. The van der Waals surface area contributed by atoms with Crippen LogP contribution in [0.5, 0.6) is 0 Å². The Hall–Kier alpha value is -4.03. The molecule has 1 aliphatic heterocycles. The largest absolute Gasteiger partial charge is 0.416 e. The van der Waals surface area contributed by atoms with Crippen LogP contribution in [0.2, 0.25) is 0 Å². The summed E-state index contributed by atoms with van der Waals surface area (Å²) < 4.78 is 93.9. The number of benzene rings is 2. The second-order valence-corrected chi connectivity index (χ2v) is 9.99. The number of aryl methyl sites for hydroxylation is 1. The van der Waals surface area contributed by atoms with Crippen molar-refractivity contribution in [1.29, 1.82) is 0 Å². The Morgan fingerprint density at radius 3 is 2.15 bits per heavy atom. The number of alkyl halides is 6. The van der Waals surface area contributed by atoms with Crippen molar-refractivity contribution in [3.63, 3.8) is 0 Å². The molecule has 41 heavy (non-hydrogen) atoms. The van der Waals surface area contributed by atoms with E-state index in [-0.39, 0.29) is 42.6 Å². The maximum atomic E-state index is 13.9. The predicted octanol–water partition coefficient (Wildman–Crippen LogP) is 5.87. The van der Waals surface area contributed by atoms with Gasteiger partial charge < -0.3 is 9.80 Å². The van der Waals surface area contributed by atoms with Crippen LogP contribution in [0.25, 0.3) is 0 Å². The van der Waals surface area contributed by atoms with Gasteiger partial charge in [0, 0.05) is 50.9 Å². The first kappa shape index (κ1) is 29.9. The number of carbonyl (C=O) groups is 2. The highest BCUT2D eigenvalue weighted by Gasteiger charge is 2.40. The van der Waals surface area contributed by atoms with Gasteiger partial charge in [-0.2, -0.15) is 26.3 Å². The molecule has 2 aromatic carbocycles. The topological polar surface area (TPSA) is 66.4 Å². The van der Waals surface area contributed by atoms with Gasteiger partial charge >= 0.3 is 12.4 Å². The van der Waals surface area contributed by atoms with E-state index in [4.69, 9.17) is 0 Å². The number of likely N-dealkylation sites (tertiary alicyclic amines) is 1. The fraction of sp³-hybridized carbons (Fsp3) is 0.357. The molecule has 1 fully saturated rings. The zero-order valence-corrected chi connectivity index (χ0v) is 21.9. The average molecular weight is 583 g/mol. The third kappa shape index (κ3) is 6.83. The van der Waals surface area contributed by atoms with Crippen molar-refractivity contribution in [3.05, 3.63) is 94.3 Å². The summed E-state index contributed by atoms with van der Waals surface area (Å²) in [4.78, 5) is 37.0. The van der Waals surface area contributed by atoms with Gasteiger partial charge in [0.05, 0.1) is 16.7 Å². The molecule has 6 nitrogen and oxygen atoms in total. The molecular formula is C28H25F7N4O2. The molecule has 0 bridgehead atoms. The zero-order chi connectivity index (χ0) is 30.1. The third-order valence-electron chi connectivity index (χ3n) is 7.10. The lowest BCUT2D eigenvalue weighted by Gasteiger charge is -2.40. The molecule has 1 aliphatic rings. The molecule has 0 spiro atoms. The summed E-state index contributed by atoms with van der Waals surface area (Å²) in [5.41, 5.74) is -1.93. The highest BCUT2D eigenvalue weighted by Crippen LogP contribution is 2.38. The normalized spacial score (nSPS) is 17.8. The summed E-state index contributed by atoms with van der Waals surface area (Å²) in [6, 6.07) is 5.23. The van der Waals surface area contributed by atoms with Crippen LogP contribution in [0.3, 0.4) is 0 Å². The Balaban J connectivity index is 1.63. The van der Waals surface area contributed by atoms with Crippen LogP contribution < -0.4 is 0 Å². The van der Waals surface area contributed by atoms with E-state index >= 15 is 0 Å². The van der Waals surface area contributed by atoms with Crippen LogP contribution in [-0.2, 0) is 23.7 Å². The molecule has 4 rings (SSSR count). The Morgan fingerprint density at radius 2 is 1.59 bits per heavy atom. The van der Waals surface area contributed by atoms with Gasteiger partial charge in [0.2, 0.25) is 5.91 Å². The second-order valence-electron chi connectivity index (χ2n) is 9.99. The highest BCUT2D eigenvalue weighted by atomic mass is 19.4. The van der Waals surface area contributed by atoms with Crippen molar-refractivity contribution in [1.82, 2.24) is 19.8 Å². The number of carbonyl (C=O) groups excluding carboxylic acids is 2. The summed E-state index contributed by atoms with van der Waals surface area (Å²) in [6.07, 6.45) is -5.92. The van der Waals surface area contributed by atoms with Crippen molar-refractivity contribution < 1.29 is 40.3 Å². The minimum atomic E-state index is -5.02. The number of hydrogen-bond donors (Lipinski definition) is 0. The standard InChI is InChI=1S/C28H25F7N4O2/c1-16-7-21(29)3-4-22(16)24-14-39(25(40)18-11-36-15-37-12-18)6-5-23(24)26(41)38(2)13-17-8-19(27(30,31)32)10-20(9-17)28(33,34)35/h3-4,7-12,15,23-24H,5-6,13-14H2,1-2H3/t23-,24+/m1/s1. The van der Waals surface area contributed by atoms with E-state index in [0.717, 1.165) is 4.90 Å². The minimum absolute atomic E-state index is 0.0309. The van der Waals surface area contributed by atoms with Crippen molar-refractivity contribution in [2.45, 2.75) is 38.2 Å². The number of amides is 2. The molecule has 3 aromatic rings. The lowest BCUT2D eigenvalue weighted by atomic mass is 9.78. The van der Waals surface area contributed by atoms with E-state index in [9.17, 15) is 40.3 Å². The van der Waals surface area contributed by atoms with E-state index in [1.54, 1.807) is 6.92 Å². The summed E-state index contributed by atoms with van der Waals surface area (Å²) in [5.74, 6) is -2.81. The molecule has 0 N–H and O–H groups in total. The van der Waals surface area contributed by atoms with E-state index < -0.39 is 53.6 Å². The van der Waals surface area contributed by atoms with E-state index in [1.165, 1.54) is 48.9 Å². The van der Waals surface area contributed by atoms with E-state index in [2.05, 4.69) is 9.97 Å². The lowest BCUT2D eigenvalue weighted by Crippen LogP contribution is -2.47. The number of nitrogens with zero attached hydrogens (tertiary/aromatic N) is 4. The first-order chi connectivity index (χ1) is 19.1. The van der Waals surface area contributed by atoms with Gasteiger partial charge in [-0.3, -0.25) is 9.59 Å². The monoisotopic (exact) mass is 582 g/mol. The zero-order valence-electron chi connectivity index (χ0n) is 21.9. The third-order valence-corrected chi connectivity index (χ3v) is 7.10. The molecule has 13 heteroatoms. The highest BCUT2D eigenvalue weighted by molar-refractivity contribution is 5.94. The Kier molecular flexibility index (Phi) is 8.36. The summed E-state index contributed by atoms with van der Waals surface area (Å²) in [6.45, 7) is 1.35. The molecule has 2 heterocycles. The molecule has 0 aliphatic carbocycles. The van der Waals surface area contributed by atoms with Gasteiger partial charge in [-0.15, -0.1) is 0 Å². The van der Waals surface area contributed by atoms with E-state index in [0.29, 0.717) is 23.3 Å². The molecule has 218 valence electrons. The van der Waals surface area contributed by atoms with E-state index in [1.807, 2.05) is 0 Å². The van der Waals surface area contributed by atoms with Crippen molar-refractivity contribution in [2.75, 3.05) is 20.1 Å². The van der Waals surface area contributed by atoms with Gasteiger partial charge in [0.15, 0.2) is 0 Å².